The summed E-state index contributed by atoms with van der Waals surface area (Å²) in [5, 5.41) is 2.67. The van der Waals surface area contributed by atoms with Gasteiger partial charge in [0.1, 0.15) is 5.82 Å². The summed E-state index contributed by atoms with van der Waals surface area (Å²) >= 11 is 0. The Kier molecular flexibility index (Phi) is 2.59. The van der Waals surface area contributed by atoms with Gasteiger partial charge in [0, 0.05) is 18.9 Å². The predicted octanol–water partition coefficient (Wildman–Crippen LogP) is 2.13. The largest absolute Gasteiger partial charge is 0.330 e. The molecule has 1 aromatic heterocycles. The average molecular weight is 254 g/mol. The SMILES string of the molecule is C=C1C=CN(Cc2nc3ccccc3n2C)C(=O)N1. The van der Waals surface area contributed by atoms with Crippen molar-refractivity contribution in [2.75, 3.05) is 0 Å². The molecule has 1 aliphatic rings. The van der Waals surface area contributed by atoms with E-state index in [1.54, 1.807) is 17.2 Å². The molecule has 2 aromatic rings. The van der Waals surface area contributed by atoms with E-state index in [9.17, 15) is 4.79 Å². The highest BCUT2D eigenvalue weighted by Crippen LogP contribution is 2.16. The first kappa shape index (κ1) is 11.5. The molecule has 5 nitrogen and oxygen atoms in total. The third-order valence-electron chi connectivity index (χ3n) is 3.18. The van der Waals surface area contributed by atoms with Gasteiger partial charge in [0.15, 0.2) is 0 Å². The Balaban J connectivity index is 1.93. The summed E-state index contributed by atoms with van der Waals surface area (Å²) in [4.78, 5) is 17.9. The Morgan fingerprint density at radius 2 is 2.16 bits per heavy atom. The second kappa shape index (κ2) is 4.28. The van der Waals surface area contributed by atoms with Crippen LogP contribution in [0.15, 0.2) is 48.8 Å². The zero-order valence-corrected chi connectivity index (χ0v) is 10.6. The van der Waals surface area contributed by atoms with E-state index in [-0.39, 0.29) is 6.03 Å². The van der Waals surface area contributed by atoms with Gasteiger partial charge in [-0.05, 0) is 18.2 Å². The van der Waals surface area contributed by atoms with Crippen LogP contribution in [0, 0.1) is 0 Å². The first-order chi connectivity index (χ1) is 9.15. The van der Waals surface area contributed by atoms with Gasteiger partial charge in [0.25, 0.3) is 0 Å². The first-order valence-corrected chi connectivity index (χ1v) is 6.00. The number of carbonyl (C=O) groups is 1. The minimum Gasteiger partial charge on any atom is -0.330 e. The van der Waals surface area contributed by atoms with E-state index in [1.807, 2.05) is 35.9 Å². The molecule has 96 valence electrons. The Hall–Kier alpha value is -2.56. The molecule has 0 radical (unpaired) electrons. The summed E-state index contributed by atoms with van der Waals surface area (Å²) < 4.78 is 2.00. The van der Waals surface area contributed by atoms with Crippen LogP contribution in [-0.4, -0.2) is 20.5 Å². The van der Waals surface area contributed by atoms with E-state index in [2.05, 4.69) is 16.9 Å². The van der Waals surface area contributed by atoms with Gasteiger partial charge in [-0.1, -0.05) is 18.7 Å². The van der Waals surface area contributed by atoms with E-state index < -0.39 is 0 Å². The number of benzene rings is 1. The van der Waals surface area contributed by atoms with Gasteiger partial charge in [-0.2, -0.15) is 0 Å². The fraction of sp³-hybridized carbons (Fsp3) is 0.143. The van der Waals surface area contributed by atoms with E-state index in [0.717, 1.165) is 16.9 Å². The van der Waals surface area contributed by atoms with Crippen LogP contribution in [0.3, 0.4) is 0 Å². The Morgan fingerprint density at radius 3 is 2.89 bits per heavy atom. The van der Waals surface area contributed by atoms with E-state index in [1.165, 1.54) is 0 Å². The molecule has 3 rings (SSSR count). The number of rotatable bonds is 2. The van der Waals surface area contributed by atoms with Crippen molar-refractivity contribution in [3.63, 3.8) is 0 Å². The predicted molar refractivity (Wildman–Crippen MR) is 73.1 cm³/mol. The molecule has 2 heterocycles. The standard InChI is InChI=1S/C14H14N4O/c1-10-7-8-18(14(19)15-10)9-13-16-11-5-3-4-6-12(11)17(13)2/h3-8H,1,9H2,2H3,(H,15,19). The summed E-state index contributed by atoms with van der Waals surface area (Å²) in [6, 6.07) is 7.73. The number of urea groups is 1. The molecule has 1 N–H and O–H groups in total. The quantitative estimate of drug-likeness (QED) is 0.892. The van der Waals surface area contributed by atoms with Crippen molar-refractivity contribution in [3.05, 3.63) is 54.6 Å². The van der Waals surface area contributed by atoms with Crippen LogP contribution in [0.25, 0.3) is 11.0 Å². The lowest BCUT2D eigenvalue weighted by atomic mass is 10.3. The molecule has 1 aliphatic heterocycles. The molecule has 0 fully saturated rings. The zero-order valence-electron chi connectivity index (χ0n) is 10.6. The lowest BCUT2D eigenvalue weighted by Crippen LogP contribution is -2.38. The van der Waals surface area contributed by atoms with Gasteiger partial charge in [-0.15, -0.1) is 0 Å². The van der Waals surface area contributed by atoms with Crippen LogP contribution >= 0.6 is 0 Å². The van der Waals surface area contributed by atoms with Crippen LogP contribution in [0.1, 0.15) is 5.82 Å². The van der Waals surface area contributed by atoms with Crippen LogP contribution in [-0.2, 0) is 13.6 Å². The molecular formula is C14H14N4O. The molecule has 5 heteroatoms. The molecule has 2 amide bonds. The molecule has 0 aliphatic carbocycles. The number of amides is 2. The maximum atomic E-state index is 11.8. The summed E-state index contributed by atoms with van der Waals surface area (Å²) in [6.07, 6.45) is 3.49. The van der Waals surface area contributed by atoms with Gasteiger partial charge in [0.2, 0.25) is 0 Å². The number of hydrogen-bond donors (Lipinski definition) is 1. The number of para-hydroxylation sites is 2. The maximum Gasteiger partial charge on any atom is 0.326 e. The minimum absolute atomic E-state index is 0.181. The molecule has 0 saturated heterocycles. The van der Waals surface area contributed by atoms with Crippen molar-refractivity contribution in [3.8, 4) is 0 Å². The molecule has 0 saturated carbocycles. The topological polar surface area (TPSA) is 50.2 Å². The highest BCUT2D eigenvalue weighted by atomic mass is 16.2. The Morgan fingerprint density at radius 1 is 1.37 bits per heavy atom. The summed E-state index contributed by atoms with van der Waals surface area (Å²) in [6.45, 7) is 4.12. The second-order valence-electron chi connectivity index (χ2n) is 4.47. The monoisotopic (exact) mass is 254 g/mol. The van der Waals surface area contributed by atoms with Gasteiger partial charge >= 0.3 is 6.03 Å². The van der Waals surface area contributed by atoms with E-state index in [4.69, 9.17) is 0 Å². The Labute approximate surface area is 110 Å². The number of aromatic nitrogens is 2. The highest BCUT2D eigenvalue weighted by Gasteiger charge is 2.18. The number of carbonyl (C=O) groups excluding carboxylic acids is 1. The molecule has 0 bridgehead atoms. The number of hydrogen-bond acceptors (Lipinski definition) is 2. The smallest absolute Gasteiger partial charge is 0.326 e. The van der Waals surface area contributed by atoms with Crippen molar-refractivity contribution in [2.45, 2.75) is 6.54 Å². The third-order valence-corrected chi connectivity index (χ3v) is 3.18. The van der Waals surface area contributed by atoms with Crippen molar-refractivity contribution >= 4 is 17.1 Å². The fourth-order valence-electron chi connectivity index (χ4n) is 2.11. The van der Waals surface area contributed by atoms with E-state index in [0.29, 0.717) is 12.2 Å². The minimum atomic E-state index is -0.181. The fourth-order valence-corrected chi connectivity index (χ4v) is 2.11. The normalized spacial score (nSPS) is 15.1. The Bertz CT molecular complexity index is 699. The van der Waals surface area contributed by atoms with Crippen LogP contribution < -0.4 is 5.32 Å². The van der Waals surface area contributed by atoms with Crippen molar-refractivity contribution < 1.29 is 4.79 Å². The number of allylic oxidation sites excluding steroid dienone is 1. The van der Waals surface area contributed by atoms with Gasteiger partial charge in [0.05, 0.1) is 17.6 Å². The number of fused-ring (bicyclic) bond motifs is 1. The van der Waals surface area contributed by atoms with Crippen molar-refractivity contribution in [1.82, 2.24) is 19.8 Å². The lowest BCUT2D eigenvalue weighted by molar-refractivity contribution is 0.213. The van der Waals surface area contributed by atoms with Crippen LogP contribution in [0.5, 0.6) is 0 Å². The van der Waals surface area contributed by atoms with Crippen molar-refractivity contribution in [1.29, 1.82) is 0 Å². The van der Waals surface area contributed by atoms with Crippen LogP contribution in [0.2, 0.25) is 0 Å². The second-order valence-corrected chi connectivity index (χ2v) is 4.47. The third kappa shape index (κ3) is 1.99. The summed E-state index contributed by atoms with van der Waals surface area (Å²) in [5.74, 6) is 0.841. The summed E-state index contributed by atoms with van der Waals surface area (Å²) in [7, 11) is 1.95. The van der Waals surface area contributed by atoms with Gasteiger partial charge < -0.3 is 9.88 Å². The molecule has 0 atom stereocenters. The van der Waals surface area contributed by atoms with E-state index >= 15 is 0 Å². The molecular weight excluding hydrogens is 240 g/mol. The number of aryl methyl sites for hydroxylation is 1. The molecule has 19 heavy (non-hydrogen) atoms. The van der Waals surface area contributed by atoms with Crippen molar-refractivity contribution in [2.24, 2.45) is 7.05 Å². The number of imidazole rings is 1. The lowest BCUT2D eigenvalue weighted by Gasteiger charge is -2.22. The highest BCUT2D eigenvalue weighted by molar-refractivity contribution is 5.79. The molecule has 1 aromatic carbocycles. The van der Waals surface area contributed by atoms with Crippen LogP contribution in [0.4, 0.5) is 4.79 Å². The summed E-state index contributed by atoms with van der Waals surface area (Å²) in [5.41, 5.74) is 2.60. The molecule has 0 spiro atoms. The first-order valence-electron chi connectivity index (χ1n) is 6.00. The number of nitrogens with zero attached hydrogens (tertiary/aromatic N) is 3. The van der Waals surface area contributed by atoms with Gasteiger partial charge in [-0.25, -0.2) is 9.78 Å². The van der Waals surface area contributed by atoms with Gasteiger partial charge in [-0.3, -0.25) is 4.90 Å². The number of nitrogens with one attached hydrogen (secondary N) is 1. The maximum absolute atomic E-state index is 11.8. The average Bonchev–Trinajstić information content (AvgIpc) is 2.70. The zero-order chi connectivity index (χ0) is 13.4. The molecule has 0 unspecified atom stereocenters.